The first-order chi connectivity index (χ1) is 13.5. The first-order valence-corrected chi connectivity index (χ1v) is 10.7. The summed E-state index contributed by atoms with van der Waals surface area (Å²) in [4.78, 5) is 11.9. The second kappa shape index (κ2) is 9.25. The molecule has 156 valence electrons. The van der Waals surface area contributed by atoms with Gasteiger partial charge in [0.1, 0.15) is 5.82 Å². The van der Waals surface area contributed by atoms with Gasteiger partial charge in [0.05, 0.1) is 13.2 Å². The third kappa shape index (κ3) is 4.35. The number of nitrogens with one attached hydrogen (secondary N) is 1. The lowest BCUT2D eigenvalue weighted by molar-refractivity contribution is 0.00662. The van der Waals surface area contributed by atoms with Gasteiger partial charge in [-0.05, 0) is 75.0 Å². The van der Waals surface area contributed by atoms with Crippen LogP contribution < -0.4 is 5.32 Å². The molecule has 0 radical (unpaired) electrons. The topological polar surface area (TPSA) is 47.6 Å². The zero-order valence-corrected chi connectivity index (χ0v) is 17.4. The van der Waals surface area contributed by atoms with E-state index in [-0.39, 0.29) is 29.3 Å². The molecule has 1 aromatic rings. The van der Waals surface area contributed by atoms with Gasteiger partial charge in [-0.1, -0.05) is 25.5 Å². The summed E-state index contributed by atoms with van der Waals surface area (Å²) in [6, 6.07) is 7.14. The molecule has 0 bridgehead atoms. The Balaban J connectivity index is 1.90. The standard InChI is InChI=1S/C23H34FNO3/c1-4-28-19-13-11-16(12-14-19)23(2,17-7-5-8-18(24)15-17)20-9-6-10-21(20)25-22(26)27-3/h5,7-8,15-16,19-21H,4,6,9-14H2,1-3H3,(H,25,26)/t16?,19?,20-,21-,23?/m0/s1. The summed E-state index contributed by atoms with van der Waals surface area (Å²) in [5.74, 6) is 0.514. The van der Waals surface area contributed by atoms with Crippen LogP contribution in [0.25, 0.3) is 0 Å². The second-order valence-electron chi connectivity index (χ2n) is 8.50. The summed E-state index contributed by atoms with van der Waals surface area (Å²) in [5, 5.41) is 3.06. The van der Waals surface area contributed by atoms with Crippen molar-refractivity contribution in [2.75, 3.05) is 13.7 Å². The Morgan fingerprint density at radius 1 is 1.21 bits per heavy atom. The van der Waals surface area contributed by atoms with Crippen molar-refractivity contribution in [3.63, 3.8) is 0 Å². The average molecular weight is 392 g/mol. The lowest BCUT2D eigenvalue weighted by Gasteiger charge is -2.48. The summed E-state index contributed by atoms with van der Waals surface area (Å²) in [7, 11) is 1.40. The van der Waals surface area contributed by atoms with E-state index in [0.717, 1.165) is 57.1 Å². The molecule has 0 saturated heterocycles. The van der Waals surface area contributed by atoms with E-state index in [2.05, 4.69) is 18.3 Å². The SMILES string of the molecule is CCOC1CCC(C(C)(c2cccc(F)c2)[C@H]2CCC[C@@H]2NC(=O)OC)CC1. The molecule has 0 spiro atoms. The van der Waals surface area contributed by atoms with E-state index in [4.69, 9.17) is 9.47 Å². The van der Waals surface area contributed by atoms with Gasteiger partial charge in [-0.25, -0.2) is 9.18 Å². The zero-order valence-electron chi connectivity index (χ0n) is 17.4. The predicted molar refractivity (Wildman–Crippen MR) is 108 cm³/mol. The van der Waals surface area contributed by atoms with Gasteiger partial charge >= 0.3 is 6.09 Å². The minimum Gasteiger partial charge on any atom is -0.453 e. The van der Waals surface area contributed by atoms with E-state index < -0.39 is 0 Å². The van der Waals surface area contributed by atoms with Gasteiger partial charge in [-0.3, -0.25) is 0 Å². The highest BCUT2D eigenvalue weighted by Gasteiger charge is 2.49. The number of alkyl carbamates (subject to hydrolysis) is 1. The molecule has 1 aromatic carbocycles. The van der Waals surface area contributed by atoms with E-state index in [1.54, 1.807) is 6.07 Å². The largest absolute Gasteiger partial charge is 0.453 e. The quantitative estimate of drug-likeness (QED) is 0.725. The van der Waals surface area contributed by atoms with Crippen molar-refractivity contribution >= 4 is 6.09 Å². The monoisotopic (exact) mass is 391 g/mol. The fourth-order valence-electron chi connectivity index (χ4n) is 5.70. The fraction of sp³-hybridized carbons (Fsp3) is 0.696. The third-order valence-electron chi connectivity index (χ3n) is 7.15. The van der Waals surface area contributed by atoms with Crippen LogP contribution in [0.3, 0.4) is 0 Å². The van der Waals surface area contributed by atoms with Crippen LogP contribution in [0.1, 0.15) is 64.4 Å². The summed E-state index contributed by atoms with van der Waals surface area (Å²) >= 11 is 0. The van der Waals surface area contributed by atoms with Gasteiger partial charge < -0.3 is 14.8 Å². The van der Waals surface area contributed by atoms with Crippen molar-refractivity contribution in [2.45, 2.75) is 76.4 Å². The van der Waals surface area contributed by atoms with Gasteiger partial charge in [-0.15, -0.1) is 0 Å². The first-order valence-electron chi connectivity index (χ1n) is 10.7. The molecule has 2 fully saturated rings. The molecule has 2 aliphatic carbocycles. The maximum atomic E-state index is 14.2. The molecular weight excluding hydrogens is 357 g/mol. The molecule has 1 amide bonds. The van der Waals surface area contributed by atoms with Crippen molar-refractivity contribution < 1.29 is 18.7 Å². The van der Waals surface area contributed by atoms with Crippen LogP contribution in [-0.4, -0.2) is 32.0 Å². The number of hydrogen-bond acceptors (Lipinski definition) is 3. The molecule has 5 heteroatoms. The molecule has 0 heterocycles. The van der Waals surface area contributed by atoms with Gasteiger partial charge in [-0.2, -0.15) is 0 Å². The van der Waals surface area contributed by atoms with Gasteiger partial charge in [0.2, 0.25) is 0 Å². The molecule has 4 nitrogen and oxygen atoms in total. The Hall–Kier alpha value is -1.62. The van der Waals surface area contributed by atoms with E-state index in [1.165, 1.54) is 13.2 Å². The first kappa shape index (κ1) is 21.1. The Labute approximate surface area is 168 Å². The number of hydrogen-bond donors (Lipinski definition) is 1. The Bertz CT molecular complexity index is 659. The molecule has 1 unspecified atom stereocenters. The van der Waals surface area contributed by atoms with Crippen LogP contribution in [0.15, 0.2) is 24.3 Å². The molecule has 2 aliphatic rings. The molecule has 3 atom stereocenters. The van der Waals surface area contributed by atoms with Gasteiger partial charge in [0, 0.05) is 18.1 Å². The van der Waals surface area contributed by atoms with Crippen LogP contribution in [0.4, 0.5) is 9.18 Å². The smallest absolute Gasteiger partial charge is 0.407 e. The number of carbonyl (C=O) groups excluding carboxylic acids is 1. The molecule has 0 aromatic heterocycles. The van der Waals surface area contributed by atoms with Gasteiger partial charge in [0.25, 0.3) is 0 Å². The zero-order chi connectivity index (χ0) is 20.1. The highest BCUT2D eigenvalue weighted by molar-refractivity contribution is 5.67. The van der Waals surface area contributed by atoms with E-state index in [9.17, 15) is 9.18 Å². The number of amides is 1. The Morgan fingerprint density at radius 3 is 2.61 bits per heavy atom. The van der Waals surface area contributed by atoms with Crippen molar-refractivity contribution in [3.05, 3.63) is 35.6 Å². The van der Waals surface area contributed by atoms with E-state index in [1.807, 2.05) is 13.0 Å². The summed E-state index contributed by atoms with van der Waals surface area (Å²) in [6.45, 7) is 5.09. The molecule has 0 aliphatic heterocycles. The van der Waals surface area contributed by atoms with Crippen molar-refractivity contribution in [1.82, 2.24) is 5.32 Å². The Kier molecular flexibility index (Phi) is 6.97. The van der Waals surface area contributed by atoms with Crippen LogP contribution >= 0.6 is 0 Å². The molecular formula is C23H34FNO3. The number of halogens is 1. The minimum atomic E-state index is -0.376. The normalized spacial score (nSPS) is 29.9. The average Bonchev–Trinajstić information content (AvgIpc) is 3.16. The van der Waals surface area contributed by atoms with E-state index in [0.29, 0.717) is 12.0 Å². The van der Waals surface area contributed by atoms with Crippen LogP contribution in [-0.2, 0) is 14.9 Å². The summed E-state index contributed by atoms with van der Waals surface area (Å²) in [6.07, 6.45) is 7.24. The highest BCUT2D eigenvalue weighted by atomic mass is 19.1. The molecule has 3 rings (SSSR count). The summed E-state index contributed by atoms with van der Waals surface area (Å²) < 4.78 is 24.9. The summed E-state index contributed by atoms with van der Waals surface area (Å²) in [5.41, 5.74) is 0.859. The van der Waals surface area contributed by atoms with Gasteiger partial charge in [0.15, 0.2) is 0 Å². The molecule has 2 saturated carbocycles. The number of carbonyl (C=O) groups is 1. The lowest BCUT2D eigenvalue weighted by Crippen LogP contribution is -2.50. The van der Waals surface area contributed by atoms with E-state index >= 15 is 0 Å². The van der Waals surface area contributed by atoms with Crippen LogP contribution in [0, 0.1) is 17.7 Å². The van der Waals surface area contributed by atoms with Crippen molar-refractivity contribution in [3.8, 4) is 0 Å². The highest BCUT2D eigenvalue weighted by Crippen LogP contribution is 2.51. The fourth-order valence-corrected chi connectivity index (χ4v) is 5.70. The maximum Gasteiger partial charge on any atom is 0.407 e. The van der Waals surface area contributed by atoms with Crippen LogP contribution in [0.5, 0.6) is 0 Å². The number of rotatable bonds is 6. The maximum absolute atomic E-state index is 14.2. The Morgan fingerprint density at radius 2 is 1.96 bits per heavy atom. The number of methoxy groups -OCH3 is 1. The van der Waals surface area contributed by atoms with Crippen molar-refractivity contribution in [2.24, 2.45) is 11.8 Å². The number of benzene rings is 1. The third-order valence-corrected chi connectivity index (χ3v) is 7.15. The lowest BCUT2D eigenvalue weighted by atomic mass is 9.58. The second-order valence-corrected chi connectivity index (χ2v) is 8.50. The van der Waals surface area contributed by atoms with Crippen molar-refractivity contribution in [1.29, 1.82) is 0 Å². The predicted octanol–water partition coefficient (Wildman–Crippen LogP) is 5.20. The minimum absolute atomic E-state index is 0.0605. The number of ether oxygens (including phenoxy) is 2. The van der Waals surface area contributed by atoms with Crippen LogP contribution in [0.2, 0.25) is 0 Å². The molecule has 1 N–H and O–H groups in total. The molecule has 28 heavy (non-hydrogen) atoms.